The third kappa shape index (κ3) is 3.81. The standard InChI is InChI=1S/C11H16O3S2/c1-7(4-12)5-15-6-9-3-10(11(13)14)16-8(9)2/h3,7,12H,4-6H2,1-2H3,(H,13,14). The highest BCUT2D eigenvalue weighted by molar-refractivity contribution is 7.98. The number of thiophene rings is 1. The van der Waals surface area contributed by atoms with E-state index in [9.17, 15) is 4.79 Å². The molecule has 0 aliphatic carbocycles. The van der Waals surface area contributed by atoms with E-state index in [2.05, 4.69) is 0 Å². The fourth-order valence-corrected chi connectivity index (χ4v) is 3.31. The molecule has 0 spiro atoms. The molecule has 3 nitrogen and oxygen atoms in total. The van der Waals surface area contributed by atoms with Crippen LogP contribution in [-0.4, -0.2) is 28.5 Å². The smallest absolute Gasteiger partial charge is 0.345 e. The average Bonchev–Trinajstić information content (AvgIpc) is 2.60. The van der Waals surface area contributed by atoms with E-state index in [4.69, 9.17) is 10.2 Å². The van der Waals surface area contributed by atoms with Gasteiger partial charge in [-0.3, -0.25) is 0 Å². The van der Waals surface area contributed by atoms with Crippen molar-refractivity contribution in [3.8, 4) is 0 Å². The summed E-state index contributed by atoms with van der Waals surface area (Å²) in [6.45, 7) is 4.15. The molecule has 90 valence electrons. The Bertz CT molecular complexity index is 360. The molecule has 1 aromatic rings. The van der Waals surface area contributed by atoms with Crippen LogP contribution in [0.5, 0.6) is 0 Å². The number of thioether (sulfide) groups is 1. The average molecular weight is 260 g/mol. The van der Waals surface area contributed by atoms with Gasteiger partial charge in [-0.2, -0.15) is 11.8 Å². The maximum absolute atomic E-state index is 10.8. The Morgan fingerprint density at radius 1 is 1.62 bits per heavy atom. The van der Waals surface area contributed by atoms with Gasteiger partial charge in [0.05, 0.1) is 0 Å². The molecular weight excluding hydrogens is 244 g/mol. The molecule has 0 bridgehead atoms. The Hall–Kier alpha value is -0.520. The van der Waals surface area contributed by atoms with Gasteiger partial charge in [-0.1, -0.05) is 6.92 Å². The molecule has 16 heavy (non-hydrogen) atoms. The van der Waals surface area contributed by atoms with Crippen LogP contribution in [0.15, 0.2) is 6.07 Å². The Morgan fingerprint density at radius 3 is 2.81 bits per heavy atom. The van der Waals surface area contributed by atoms with Crippen LogP contribution < -0.4 is 0 Å². The van der Waals surface area contributed by atoms with E-state index in [1.54, 1.807) is 17.8 Å². The molecule has 1 unspecified atom stereocenters. The lowest BCUT2D eigenvalue weighted by Crippen LogP contribution is -2.03. The van der Waals surface area contributed by atoms with E-state index < -0.39 is 5.97 Å². The van der Waals surface area contributed by atoms with Gasteiger partial charge < -0.3 is 10.2 Å². The quantitative estimate of drug-likeness (QED) is 0.825. The summed E-state index contributed by atoms with van der Waals surface area (Å²) >= 11 is 3.06. The molecule has 0 saturated carbocycles. The second kappa shape index (κ2) is 6.27. The van der Waals surface area contributed by atoms with E-state index in [0.29, 0.717) is 10.8 Å². The summed E-state index contributed by atoms with van der Waals surface area (Å²) in [7, 11) is 0. The second-order valence-electron chi connectivity index (χ2n) is 3.80. The first-order chi connectivity index (χ1) is 7.54. The summed E-state index contributed by atoms with van der Waals surface area (Å²) in [5.41, 5.74) is 1.09. The summed E-state index contributed by atoms with van der Waals surface area (Å²) in [4.78, 5) is 12.2. The molecule has 1 aromatic heterocycles. The third-order valence-electron chi connectivity index (χ3n) is 2.20. The van der Waals surface area contributed by atoms with Crippen molar-refractivity contribution in [3.05, 3.63) is 21.4 Å². The lowest BCUT2D eigenvalue weighted by Gasteiger charge is -2.06. The SMILES string of the molecule is Cc1sc(C(=O)O)cc1CSCC(C)CO. The van der Waals surface area contributed by atoms with Crippen LogP contribution in [0.1, 0.15) is 27.0 Å². The molecule has 1 rings (SSSR count). The Kier molecular flexibility index (Phi) is 5.31. The van der Waals surface area contributed by atoms with E-state index >= 15 is 0 Å². The minimum atomic E-state index is -0.854. The monoisotopic (exact) mass is 260 g/mol. The highest BCUT2D eigenvalue weighted by atomic mass is 32.2. The Morgan fingerprint density at radius 2 is 2.31 bits per heavy atom. The van der Waals surface area contributed by atoms with E-state index in [0.717, 1.165) is 21.9 Å². The fraction of sp³-hybridized carbons (Fsp3) is 0.545. The topological polar surface area (TPSA) is 57.5 Å². The molecule has 0 aliphatic rings. The molecule has 1 atom stereocenters. The number of hydrogen-bond acceptors (Lipinski definition) is 4. The van der Waals surface area contributed by atoms with Crippen molar-refractivity contribution >= 4 is 29.1 Å². The van der Waals surface area contributed by atoms with Gasteiger partial charge in [0.15, 0.2) is 0 Å². The zero-order valence-corrected chi connectivity index (χ0v) is 11.0. The van der Waals surface area contributed by atoms with Crippen LogP contribution in [0.4, 0.5) is 0 Å². The number of rotatable bonds is 6. The van der Waals surface area contributed by atoms with E-state index in [1.807, 2.05) is 13.8 Å². The maximum Gasteiger partial charge on any atom is 0.345 e. The normalized spacial score (nSPS) is 12.7. The van der Waals surface area contributed by atoms with Gasteiger partial charge in [0.1, 0.15) is 4.88 Å². The first-order valence-electron chi connectivity index (χ1n) is 5.05. The minimum Gasteiger partial charge on any atom is -0.477 e. The largest absolute Gasteiger partial charge is 0.477 e. The van der Waals surface area contributed by atoms with Crippen molar-refractivity contribution < 1.29 is 15.0 Å². The van der Waals surface area contributed by atoms with Gasteiger partial charge in [-0.05, 0) is 30.2 Å². The van der Waals surface area contributed by atoms with Crippen LogP contribution in [0.2, 0.25) is 0 Å². The summed E-state index contributed by atoms with van der Waals surface area (Å²) in [6.07, 6.45) is 0. The molecule has 2 N–H and O–H groups in total. The number of aliphatic hydroxyl groups is 1. The van der Waals surface area contributed by atoms with Crippen molar-refractivity contribution in [1.82, 2.24) is 0 Å². The first kappa shape index (κ1) is 13.5. The number of aliphatic hydroxyl groups excluding tert-OH is 1. The highest BCUT2D eigenvalue weighted by Crippen LogP contribution is 2.26. The van der Waals surface area contributed by atoms with Gasteiger partial charge in [0.2, 0.25) is 0 Å². The Labute approximate surface area is 103 Å². The van der Waals surface area contributed by atoms with Gasteiger partial charge in [0, 0.05) is 17.2 Å². The number of aryl methyl sites for hydroxylation is 1. The van der Waals surface area contributed by atoms with Crippen molar-refractivity contribution in [1.29, 1.82) is 0 Å². The number of carboxylic acids is 1. The number of carbonyl (C=O) groups is 1. The first-order valence-corrected chi connectivity index (χ1v) is 7.03. The zero-order chi connectivity index (χ0) is 12.1. The van der Waals surface area contributed by atoms with E-state index in [1.165, 1.54) is 11.3 Å². The van der Waals surface area contributed by atoms with Gasteiger partial charge in [0.25, 0.3) is 0 Å². The van der Waals surface area contributed by atoms with E-state index in [-0.39, 0.29) is 6.61 Å². The molecule has 1 heterocycles. The van der Waals surface area contributed by atoms with Crippen LogP contribution in [0, 0.1) is 12.8 Å². The van der Waals surface area contributed by atoms with Crippen molar-refractivity contribution in [3.63, 3.8) is 0 Å². The second-order valence-corrected chi connectivity index (χ2v) is 6.09. The predicted molar refractivity (Wildman–Crippen MR) is 68.4 cm³/mol. The Balaban J connectivity index is 2.51. The van der Waals surface area contributed by atoms with Crippen molar-refractivity contribution in [2.75, 3.05) is 12.4 Å². The maximum atomic E-state index is 10.8. The van der Waals surface area contributed by atoms with Crippen LogP contribution >= 0.6 is 23.1 Å². The summed E-state index contributed by atoms with van der Waals surface area (Å²) in [5.74, 6) is 1.16. The van der Waals surface area contributed by atoms with Gasteiger partial charge >= 0.3 is 5.97 Å². The van der Waals surface area contributed by atoms with Gasteiger partial charge in [-0.15, -0.1) is 11.3 Å². The summed E-state index contributed by atoms with van der Waals surface area (Å²) < 4.78 is 0. The lowest BCUT2D eigenvalue weighted by molar-refractivity contribution is 0.0702. The fourth-order valence-electron chi connectivity index (χ4n) is 1.19. The minimum absolute atomic E-state index is 0.204. The summed E-state index contributed by atoms with van der Waals surface area (Å²) in [5, 5.41) is 17.7. The molecule has 0 radical (unpaired) electrons. The molecule has 0 aliphatic heterocycles. The van der Waals surface area contributed by atoms with Crippen molar-refractivity contribution in [2.45, 2.75) is 19.6 Å². The van der Waals surface area contributed by atoms with Crippen molar-refractivity contribution in [2.24, 2.45) is 5.92 Å². The molecule has 0 saturated heterocycles. The van der Waals surface area contributed by atoms with Gasteiger partial charge in [-0.25, -0.2) is 4.79 Å². The molecule has 0 fully saturated rings. The predicted octanol–water partition coefficient (Wildman–Crippen LogP) is 2.62. The molecular formula is C11H16O3S2. The number of hydrogen-bond donors (Lipinski definition) is 2. The van der Waals surface area contributed by atoms with Crippen LogP contribution in [-0.2, 0) is 5.75 Å². The number of carboxylic acid groups (broad SMARTS) is 1. The molecule has 0 amide bonds. The lowest BCUT2D eigenvalue weighted by atomic mass is 10.2. The summed E-state index contributed by atoms with van der Waals surface area (Å²) in [6, 6.07) is 1.75. The van der Waals surface area contributed by atoms with Crippen LogP contribution in [0.25, 0.3) is 0 Å². The molecule has 0 aromatic carbocycles. The zero-order valence-electron chi connectivity index (χ0n) is 9.40. The number of aromatic carboxylic acids is 1. The molecule has 5 heteroatoms. The third-order valence-corrected chi connectivity index (χ3v) is 4.60. The van der Waals surface area contributed by atoms with Crippen LogP contribution in [0.3, 0.4) is 0 Å². The highest BCUT2D eigenvalue weighted by Gasteiger charge is 2.11.